The molecule has 0 aliphatic heterocycles. The zero-order valence-corrected chi connectivity index (χ0v) is 9.23. The van der Waals surface area contributed by atoms with E-state index in [9.17, 15) is 4.79 Å². The number of unbranched alkanes of at least 4 members (excludes halogenated alkanes) is 1. The maximum atomic E-state index is 11.1. The zero-order valence-electron chi connectivity index (χ0n) is 8.41. The van der Waals surface area contributed by atoms with Crippen molar-refractivity contribution in [2.24, 2.45) is 0 Å². The molecule has 14 heavy (non-hydrogen) atoms. The molecule has 0 N–H and O–H groups in total. The van der Waals surface area contributed by atoms with Crippen molar-refractivity contribution in [1.82, 2.24) is 0 Å². The van der Waals surface area contributed by atoms with Gasteiger partial charge in [0.15, 0.2) is 0 Å². The lowest BCUT2D eigenvalue weighted by molar-refractivity contribution is 0.0606. The Balaban J connectivity index is 2.46. The number of ether oxygens (including phenoxy) is 2. The lowest BCUT2D eigenvalue weighted by Gasteiger charge is -2.00. The molecule has 1 heterocycles. The third-order valence-electron chi connectivity index (χ3n) is 1.73. The predicted molar refractivity (Wildman–Crippen MR) is 56.1 cm³/mol. The first-order chi connectivity index (χ1) is 6.77. The second-order valence-electron chi connectivity index (χ2n) is 2.84. The number of hydrogen-bond acceptors (Lipinski definition) is 4. The van der Waals surface area contributed by atoms with E-state index in [0.717, 1.165) is 18.6 Å². The molecule has 0 unspecified atom stereocenters. The highest BCUT2D eigenvalue weighted by Gasteiger charge is 2.08. The lowest BCUT2D eigenvalue weighted by atomic mass is 10.4. The second-order valence-corrected chi connectivity index (χ2v) is 3.75. The van der Waals surface area contributed by atoms with Crippen LogP contribution in [-0.2, 0) is 4.74 Å². The smallest absolute Gasteiger partial charge is 0.348 e. The van der Waals surface area contributed by atoms with Gasteiger partial charge in [-0.15, -0.1) is 11.3 Å². The van der Waals surface area contributed by atoms with Crippen LogP contribution in [0.25, 0.3) is 0 Å². The summed E-state index contributed by atoms with van der Waals surface area (Å²) >= 11 is 1.34. The van der Waals surface area contributed by atoms with Crippen LogP contribution in [0.5, 0.6) is 5.75 Å². The second kappa shape index (κ2) is 5.65. The van der Waals surface area contributed by atoms with E-state index in [0.29, 0.717) is 11.5 Å². The molecule has 0 aliphatic rings. The van der Waals surface area contributed by atoms with E-state index in [1.54, 1.807) is 6.07 Å². The highest BCUT2D eigenvalue weighted by Crippen LogP contribution is 2.22. The normalized spacial score (nSPS) is 9.86. The van der Waals surface area contributed by atoms with Gasteiger partial charge in [0.05, 0.1) is 13.7 Å². The Morgan fingerprint density at radius 2 is 2.36 bits per heavy atom. The summed E-state index contributed by atoms with van der Waals surface area (Å²) in [7, 11) is 1.37. The number of esters is 1. The Morgan fingerprint density at radius 3 is 3.00 bits per heavy atom. The maximum Gasteiger partial charge on any atom is 0.348 e. The van der Waals surface area contributed by atoms with Gasteiger partial charge in [-0.25, -0.2) is 4.79 Å². The van der Waals surface area contributed by atoms with Crippen molar-refractivity contribution in [1.29, 1.82) is 0 Å². The number of rotatable bonds is 5. The highest BCUT2D eigenvalue weighted by molar-refractivity contribution is 7.12. The van der Waals surface area contributed by atoms with Crippen LogP contribution in [0.2, 0.25) is 0 Å². The maximum absolute atomic E-state index is 11.1. The van der Waals surface area contributed by atoms with Crippen LogP contribution in [0.3, 0.4) is 0 Å². The molecule has 0 fully saturated rings. The average Bonchev–Trinajstić information content (AvgIpc) is 2.66. The van der Waals surface area contributed by atoms with Crippen molar-refractivity contribution in [2.45, 2.75) is 19.8 Å². The van der Waals surface area contributed by atoms with Crippen molar-refractivity contribution in [3.05, 3.63) is 16.3 Å². The molecule has 0 saturated heterocycles. The minimum atomic E-state index is -0.305. The molecule has 0 aliphatic carbocycles. The van der Waals surface area contributed by atoms with Gasteiger partial charge in [0.1, 0.15) is 10.6 Å². The van der Waals surface area contributed by atoms with E-state index in [-0.39, 0.29) is 5.97 Å². The van der Waals surface area contributed by atoms with Gasteiger partial charge in [-0.05, 0) is 6.42 Å². The van der Waals surface area contributed by atoms with E-state index in [1.807, 2.05) is 5.38 Å². The zero-order chi connectivity index (χ0) is 10.4. The van der Waals surface area contributed by atoms with E-state index in [1.165, 1.54) is 18.4 Å². The fourth-order valence-electron chi connectivity index (χ4n) is 0.936. The average molecular weight is 214 g/mol. The Hall–Kier alpha value is -1.03. The van der Waals surface area contributed by atoms with Crippen LogP contribution in [0.4, 0.5) is 0 Å². The van der Waals surface area contributed by atoms with E-state index >= 15 is 0 Å². The largest absolute Gasteiger partial charge is 0.493 e. The Bertz CT molecular complexity index is 293. The number of hydrogen-bond donors (Lipinski definition) is 0. The van der Waals surface area contributed by atoms with Crippen molar-refractivity contribution in [2.75, 3.05) is 13.7 Å². The molecule has 3 nitrogen and oxygen atoms in total. The van der Waals surface area contributed by atoms with E-state index in [2.05, 4.69) is 11.7 Å². The molecule has 1 aromatic rings. The molecule has 0 spiro atoms. The lowest BCUT2D eigenvalue weighted by Crippen LogP contribution is -1.98. The SMILES string of the molecule is CCCCOc1csc(C(=O)OC)c1. The topological polar surface area (TPSA) is 35.5 Å². The van der Waals surface area contributed by atoms with Crippen LogP contribution < -0.4 is 4.74 Å². The third-order valence-corrected chi connectivity index (χ3v) is 2.62. The van der Waals surface area contributed by atoms with Gasteiger partial charge in [-0.2, -0.15) is 0 Å². The van der Waals surface area contributed by atoms with Crippen LogP contribution in [0.15, 0.2) is 11.4 Å². The molecule has 1 rings (SSSR count). The van der Waals surface area contributed by atoms with Crippen molar-refractivity contribution >= 4 is 17.3 Å². The monoisotopic (exact) mass is 214 g/mol. The summed E-state index contributed by atoms with van der Waals surface area (Å²) in [5, 5.41) is 1.82. The Morgan fingerprint density at radius 1 is 1.57 bits per heavy atom. The van der Waals surface area contributed by atoms with Crippen LogP contribution in [0, 0.1) is 0 Å². The van der Waals surface area contributed by atoms with Crippen molar-refractivity contribution < 1.29 is 14.3 Å². The number of methoxy groups -OCH3 is 1. The molecular weight excluding hydrogens is 200 g/mol. The minimum Gasteiger partial charge on any atom is -0.493 e. The van der Waals surface area contributed by atoms with Gasteiger partial charge in [0, 0.05) is 11.4 Å². The van der Waals surface area contributed by atoms with Gasteiger partial charge in [0.2, 0.25) is 0 Å². The molecule has 78 valence electrons. The fraction of sp³-hybridized carbons (Fsp3) is 0.500. The van der Waals surface area contributed by atoms with Gasteiger partial charge < -0.3 is 9.47 Å². The first-order valence-electron chi connectivity index (χ1n) is 4.57. The van der Waals surface area contributed by atoms with Gasteiger partial charge >= 0.3 is 5.97 Å². The quantitative estimate of drug-likeness (QED) is 0.558. The molecule has 0 amide bonds. The molecule has 4 heteroatoms. The summed E-state index contributed by atoms with van der Waals surface area (Å²) in [4.78, 5) is 11.7. The number of carbonyl (C=O) groups excluding carboxylic acids is 1. The predicted octanol–water partition coefficient (Wildman–Crippen LogP) is 2.71. The van der Waals surface area contributed by atoms with E-state index < -0.39 is 0 Å². The molecule has 0 atom stereocenters. The number of carbonyl (C=O) groups is 1. The van der Waals surface area contributed by atoms with Crippen LogP contribution >= 0.6 is 11.3 Å². The molecule has 0 aromatic carbocycles. The van der Waals surface area contributed by atoms with E-state index in [4.69, 9.17) is 4.74 Å². The highest BCUT2D eigenvalue weighted by atomic mass is 32.1. The third kappa shape index (κ3) is 3.03. The first-order valence-corrected chi connectivity index (χ1v) is 5.45. The minimum absolute atomic E-state index is 0.305. The molecule has 0 saturated carbocycles. The molecule has 0 radical (unpaired) electrons. The van der Waals surface area contributed by atoms with Gasteiger partial charge in [0.25, 0.3) is 0 Å². The first kappa shape index (κ1) is 11.0. The summed E-state index contributed by atoms with van der Waals surface area (Å²) in [6, 6.07) is 1.71. The molecule has 0 bridgehead atoms. The standard InChI is InChI=1S/C10H14O3S/c1-3-4-5-13-8-6-9(14-7-8)10(11)12-2/h6-7H,3-5H2,1-2H3. The summed E-state index contributed by atoms with van der Waals surface area (Å²) in [5.41, 5.74) is 0. The Labute approximate surface area is 87.7 Å². The van der Waals surface area contributed by atoms with Crippen molar-refractivity contribution in [3.8, 4) is 5.75 Å². The molecule has 1 aromatic heterocycles. The van der Waals surface area contributed by atoms with Crippen molar-refractivity contribution in [3.63, 3.8) is 0 Å². The summed E-state index contributed by atoms with van der Waals surface area (Å²) in [6.07, 6.45) is 2.14. The van der Waals surface area contributed by atoms with Crippen LogP contribution in [-0.4, -0.2) is 19.7 Å². The molecular formula is C10H14O3S. The van der Waals surface area contributed by atoms with Gasteiger partial charge in [-0.3, -0.25) is 0 Å². The van der Waals surface area contributed by atoms with Gasteiger partial charge in [-0.1, -0.05) is 13.3 Å². The van der Waals surface area contributed by atoms with Crippen LogP contribution in [0.1, 0.15) is 29.4 Å². The summed E-state index contributed by atoms with van der Waals surface area (Å²) < 4.78 is 10.0. The Kier molecular flexibility index (Phi) is 4.46. The summed E-state index contributed by atoms with van der Waals surface area (Å²) in [5.74, 6) is 0.448. The summed E-state index contributed by atoms with van der Waals surface area (Å²) in [6.45, 7) is 2.81. The fourth-order valence-corrected chi connectivity index (χ4v) is 1.68. The number of thiophene rings is 1.